The van der Waals surface area contributed by atoms with Gasteiger partial charge in [0.2, 0.25) is 0 Å². The van der Waals surface area contributed by atoms with Gasteiger partial charge in [-0.3, -0.25) is 4.79 Å². The number of methoxy groups -OCH3 is 1. The summed E-state index contributed by atoms with van der Waals surface area (Å²) in [4.78, 5) is 28.2. The fourth-order valence-electron chi connectivity index (χ4n) is 3.45. The molecule has 1 unspecified atom stereocenters. The van der Waals surface area contributed by atoms with Crippen LogP contribution in [0, 0.1) is 6.92 Å². The first kappa shape index (κ1) is 15.5. The molecule has 0 fully saturated rings. The molecule has 0 spiro atoms. The molecule has 0 saturated heterocycles. The number of allylic oxidation sites excluding steroid dienone is 3. The minimum Gasteiger partial charge on any atom is -0.466 e. The molecular weight excluding hydrogens is 292 g/mol. The van der Waals surface area contributed by atoms with Gasteiger partial charge in [0.1, 0.15) is 5.92 Å². The highest BCUT2D eigenvalue weighted by Crippen LogP contribution is 2.41. The van der Waals surface area contributed by atoms with Crippen LogP contribution in [-0.2, 0) is 14.3 Å². The van der Waals surface area contributed by atoms with Crippen molar-refractivity contribution in [1.82, 2.24) is 5.32 Å². The molecule has 2 aliphatic rings. The maximum Gasteiger partial charge on any atom is 0.336 e. The number of aryl methyl sites for hydroxylation is 1. The molecule has 5 nitrogen and oxygen atoms in total. The lowest BCUT2D eigenvalue weighted by Crippen LogP contribution is -2.36. The largest absolute Gasteiger partial charge is 0.466 e. The summed E-state index contributed by atoms with van der Waals surface area (Å²) in [6.45, 7) is 3.81. The summed E-state index contributed by atoms with van der Waals surface area (Å²) < 4.78 is 4.97. The zero-order chi connectivity index (χ0) is 16.6. The quantitative estimate of drug-likeness (QED) is 0.847. The highest BCUT2D eigenvalue weighted by molar-refractivity contribution is 6.03. The molecule has 120 valence electrons. The number of Topliss-reactive ketones (excluding diaryl/α,β-unsaturated/α-hetero) is 1. The molecule has 0 radical (unpaired) electrons. The predicted molar refractivity (Wildman–Crippen MR) is 84.2 cm³/mol. The topological polar surface area (TPSA) is 69.5 Å². The SMILES string of the molecule is COC(=O)C1=C(C)NC2=C(C(=O)CCC2)C1c1cccc(C)[nH+]1. The first-order chi connectivity index (χ1) is 11.0. The van der Waals surface area contributed by atoms with Crippen LogP contribution in [0.1, 0.15) is 43.5 Å². The minimum atomic E-state index is -0.403. The zero-order valence-electron chi connectivity index (χ0n) is 13.7. The van der Waals surface area contributed by atoms with Gasteiger partial charge in [-0.25, -0.2) is 9.78 Å². The average molecular weight is 313 g/mol. The number of rotatable bonds is 2. The number of esters is 1. The lowest BCUT2D eigenvalue weighted by molar-refractivity contribution is -0.400. The molecule has 2 N–H and O–H groups in total. The lowest BCUT2D eigenvalue weighted by atomic mass is 9.77. The average Bonchev–Trinajstić information content (AvgIpc) is 2.53. The Balaban J connectivity index is 2.20. The van der Waals surface area contributed by atoms with Crippen molar-refractivity contribution in [3.05, 3.63) is 52.1 Å². The maximum atomic E-state index is 12.6. The van der Waals surface area contributed by atoms with E-state index < -0.39 is 11.9 Å². The molecular formula is C18H21N2O3+. The normalized spacial score (nSPS) is 21.0. The van der Waals surface area contributed by atoms with Gasteiger partial charge in [0, 0.05) is 42.4 Å². The minimum absolute atomic E-state index is 0.104. The van der Waals surface area contributed by atoms with Crippen LogP contribution in [0.3, 0.4) is 0 Å². The summed E-state index contributed by atoms with van der Waals surface area (Å²) in [6.07, 6.45) is 2.20. The van der Waals surface area contributed by atoms with Crippen LogP contribution >= 0.6 is 0 Å². The van der Waals surface area contributed by atoms with Crippen LogP contribution < -0.4 is 10.3 Å². The number of hydrogen-bond acceptors (Lipinski definition) is 4. The lowest BCUT2D eigenvalue weighted by Gasteiger charge is -2.32. The van der Waals surface area contributed by atoms with E-state index in [1.54, 1.807) is 0 Å². The second kappa shape index (κ2) is 5.99. The van der Waals surface area contributed by atoms with Gasteiger partial charge in [0.15, 0.2) is 17.2 Å². The molecule has 0 saturated carbocycles. The van der Waals surface area contributed by atoms with Crippen LogP contribution in [0.4, 0.5) is 0 Å². The van der Waals surface area contributed by atoms with E-state index in [-0.39, 0.29) is 5.78 Å². The number of H-pyrrole nitrogens is 1. The molecule has 0 amide bonds. The molecule has 0 aromatic carbocycles. The van der Waals surface area contributed by atoms with Crippen molar-refractivity contribution in [1.29, 1.82) is 0 Å². The number of carbonyl (C=O) groups is 2. The summed E-state index contributed by atoms with van der Waals surface area (Å²) in [5.74, 6) is -0.696. The van der Waals surface area contributed by atoms with Crippen molar-refractivity contribution in [2.75, 3.05) is 7.11 Å². The van der Waals surface area contributed by atoms with Crippen LogP contribution in [0.5, 0.6) is 0 Å². The summed E-state index contributed by atoms with van der Waals surface area (Å²) in [5, 5.41) is 3.25. The summed E-state index contributed by atoms with van der Waals surface area (Å²) in [7, 11) is 1.37. The van der Waals surface area contributed by atoms with Crippen molar-refractivity contribution < 1.29 is 19.3 Å². The van der Waals surface area contributed by atoms with E-state index in [2.05, 4.69) is 10.3 Å². The van der Waals surface area contributed by atoms with E-state index in [0.29, 0.717) is 17.6 Å². The number of aromatic amines is 1. The Hall–Kier alpha value is -2.43. The number of ketones is 1. The molecule has 1 aromatic heterocycles. The third kappa shape index (κ3) is 2.67. The molecule has 1 aliphatic carbocycles. The Bertz CT molecular complexity index is 746. The highest BCUT2D eigenvalue weighted by Gasteiger charge is 2.41. The Kier molecular flexibility index (Phi) is 4.03. The van der Waals surface area contributed by atoms with Gasteiger partial charge >= 0.3 is 5.97 Å². The predicted octanol–water partition coefficient (Wildman–Crippen LogP) is 1.95. The Morgan fingerprint density at radius 1 is 1.30 bits per heavy atom. The van der Waals surface area contributed by atoms with Gasteiger partial charge in [0.25, 0.3) is 0 Å². The molecule has 0 bridgehead atoms. The summed E-state index contributed by atoms with van der Waals surface area (Å²) >= 11 is 0. The fourth-order valence-corrected chi connectivity index (χ4v) is 3.45. The van der Waals surface area contributed by atoms with Gasteiger partial charge < -0.3 is 10.1 Å². The van der Waals surface area contributed by atoms with Crippen molar-refractivity contribution in [3.8, 4) is 0 Å². The van der Waals surface area contributed by atoms with Crippen LogP contribution in [0.2, 0.25) is 0 Å². The standard InChI is InChI=1S/C18H20N2O3/c1-10-6-4-7-13(19-10)17-15(18(22)23-3)11(2)20-12-8-5-9-14(21)16(12)17/h4,6-7,17,20H,5,8-9H2,1-3H3/p+1. The number of ether oxygens (including phenoxy) is 1. The number of pyridine rings is 1. The van der Waals surface area contributed by atoms with Gasteiger partial charge in [-0.15, -0.1) is 0 Å². The number of aromatic nitrogens is 1. The fraction of sp³-hybridized carbons (Fsp3) is 0.389. The van der Waals surface area contributed by atoms with Gasteiger partial charge in [0.05, 0.1) is 12.7 Å². The number of carbonyl (C=O) groups excluding carboxylic acids is 2. The van der Waals surface area contributed by atoms with Crippen molar-refractivity contribution in [3.63, 3.8) is 0 Å². The second-order valence-electron chi connectivity index (χ2n) is 6.05. The number of nitrogens with one attached hydrogen (secondary N) is 2. The molecule has 5 heteroatoms. The maximum absolute atomic E-state index is 12.6. The molecule has 2 heterocycles. The van der Waals surface area contributed by atoms with Crippen molar-refractivity contribution >= 4 is 11.8 Å². The number of hydrogen-bond donors (Lipinski definition) is 1. The van der Waals surface area contributed by atoms with E-state index in [9.17, 15) is 9.59 Å². The first-order valence-corrected chi connectivity index (χ1v) is 7.84. The monoisotopic (exact) mass is 313 g/mol. The van der Waals surface area contributed by atoms with Crippen LogP contribution in [0.25, 0.3) is 0 Å². The summed E-state index contributed by atoms with van der Waals surface area (Å²) in [6, 6.07) is 5.81. The van der Waals surface area contributed by atoms with Gasteiger partial charge in [-0.2, -0.15) is 0 Å². The Morgan fingerprint density at radius 3 is 2.78 bits per heavy atom. The first-order valence-electron chi connectivity index (χ1n) is 7.84. The third-order valence-electron chi connectivity index (χ3n) is 4.46. The zero-order valence-corrected chi connectivity index (χ0v) is 13.7. The molecule has 1 atom stereocenters. The molecule has 23 heavy (non-hydrogen) atoms. The van der Waals surface area contributed by atoms with E-state index >= 15 is 0 Å². The van der Waals surface area contributed by atoms with Crippen LogP contribution in [-0.4, -0.2) is 18.9 Å². The highest BCUT2D eigenvalue weighted by atomic mass is 16.5. The van der Waals surface area contributed by atoms with Gasteiger partial charge in [-0.1, -0.05) is 0 Å². The molecule has 1 aromatic rings. The Morgan fingerprint density at radius 2 is 2.09 bits per heavy atom. The van der Waals surface area contributed by atoms with Gasteiger partial charge in [-0.05, 0) is 25.8 Å². The molecule has 3 rings (SSSR count). The van der Waals surface area contributed by atoms with E-state index in [1.165, 1.54) is 7.11 Å². The van der Waals surface area contributed by atoms with E-state index in [4.69, 9.17) is 4.74 Å². The smallest absolute Gasteiger partial charge is 0.336 e. The van der Waals surface area contributed by atoms with Crippen molar-refractivity contribution in [2.45, 2.75) is 39.0 Å². The number of dihydropyridines is 1. The third-order valence-corrected chi connectivity index (χ3v) is 4.46. The Labute approximate surface area is 135 Å². The second-order valence-corrected chi connectivity index (χ2v) is 6.05. The van der Waals surface area contributed by atoms with Crippen molar-refractivity contribution in [2.24, 2.45) is 0 Å². The summed E-state index contributed by atoms with van der Waals surface area (Å²) in [5.41, 5.74) is 4.71. The van der Waals surface area contributed by atoms with E-state index in [0.717, 1.165) is 35.6 Å². The van der Waals surface area contributed by atoms with E-state index in [1.807, 2.05) is 32.0 Å². The van der Waals surface area contributed by atoms with Crippen LogP contribution in [0.15, 0.2) is 40.7 Å². The molecule has 1 aliphatic heterocycles.